The van der Waals surface area contributed by atoms with Gasteiger partial charge in [-0.1, -0.05) is 6.07 Å². The first-order chi connectivity index (χ1) is 16.4. The quantitative estimate of drug-likeness (QED) is 0.711. The average molecular weight is 465 g/mol. The van der Waals surface area contributed by atoms with Crippen LogP contribution < -0.4 is 0 Å². The lowest BCUT2D eigenvalue weighted by Crippen LogP contribution is -2.71. The first-order valence-corrected chi connectivity index (χ1v) is 12.9. The average Bonchev–Trinajstić information content (AvgIpc) is 3.56. The molecule has 0 radical (unpaired) electrons. The van der Waals surface area contributed by atoms with Crippen LogP contribution in [-0.4, -0.2) is 73.5 Å². The van der Waals surface area contributed by atoms with E-state index < -0.39 is 11.0 Å². The van der Waals surface area contributed by atoms with Gasteiger partial charge in [0.2, 0.25) is 5.91 Å². The van der Waals surface area contributed by atoms with Crippen molar-refractivity contribution in [2.75, 3.05) is 26.2 Å². The van der Waals surface area contributed by atoms with Crippen molar-refractivity contribution < 1.29 is 15.0 Å². The van der Waals surface area contributed by atoms with Crippen molar-refractivity contribution in [1.82, 2.24) is 19.6 Å². The summed E-state index contributed by atoms with van der Waals surface area (Å²) in [6.45, 7) is 5.85. The molecule has 1 unspecified atom stereocenters. The monoisotopic (exact) mass is 464 g/mol. The summed E-state index contributed by atoms with van der Waals surface area (Å²) in [5.74, 6) is 1.17. The molecule has 3 heterocycles. The van der Waals surface area contributed by atoms with Crippen LogP contribution in [0.5, 0.6) is 5.75 Å². The molecule has 7 heteroatoms. The maximum atomic E-state index is 13.2. The molecule has 2 bridgehead atoms. The predicted octanol–water partition coefficient (Wildman–Crippen LogP) is 2.62. The summed E-state index contributed by atoms with van der Waals surface area (Å²) in [6.07, 6.45) is 9.81. The number of aromatic hydroxyl groups is 1. The summed E-state index contributed by atoms with van der Waals surface area (Å²) < 4.78 is 1.83. The Kier molecular flexibility index (Phi) is 5.26. The number of aryl methyl sites for hydroxylation is 2. The molecule has 1 saturated carbocycles. The van der Waals surface area contributed by atoms with Crippen molar-refractivity contribution in [2.24, 2.45) is 5.92 Å². The third-order valence-electron chi connectivity index (χ3n) is 9.10. The lowest BCUT2D eigenvalue weighted by atomic mass is 9.52. The maximum Gasteiger partial charge on any atom is 0.224 e. The molecular formula is C27H36N4O3. The van der Waals surface area contributed by atoms with Crippen LogP contribution in [0, 0.1) is 12.8 Å². The van der Waals surface area contributed by atoms with E-state index in [1.54, 1.807) is 6.07 Å². The molecule has 2 saturated heterocycles. The Balaban J connectivity index is 1.29. The van der Waals surface area contributed by atoms with E-state index in [0.717, 1.165) is 49.4 Å². The van der Waals surface area contributed by atoms with Crippen LogP contribution >= 0.6 is 0 Å². The van der Waals surface area contributed by atoms with Crippen molar-refractivity contribution in [3.05, 3.63) is 47.3 Å². The molecule has 3 fully saturated rings. The lowest BCUT2D eigenvalue weighted by Gasteiger charge is -2.61. The van der Waals surface area contributed by atoms with E-state index in [1.807, 2.05) is 35.0 Å². The van der Waals surface area contributed by atoms with Crippen molar-refractivity contribution in [3.63, 3.8) is 0 Å². The van der Waals surface area contributed by atoms with Crippen LogP contribution in [0.15, 0.2) is 30.6 Å². The molecule has 1 amide bonds. The highest BCUT2D eigenvalue weighted by Gasteiger charge is 2.63. The summed E-state index contributed by atoms with van der Waals surface area (Å²) in [5.41, 5.74) is 2.14. The fourth-order valence-electron chi connectivity index (χ4n) is 7.07. The van der Waals surface area contributed by atoms with Crippen molar-refractivity contribution in [3.8, 4) is 5.75 Å². The number of benzene rings is 1. The molecule has 1 aromatic carbocycles. The molecule has 1 aromatic heterocycles. The SMILES string of the molecule is Cc1cnn(CCC(=O)N2CCC34CCN(CC5CC5)[C@H](Cc5ccc(O)cc53)[C@]4(O)CC2)c1. The van der Waals surface area contributed by atoms with Gasteiger partial charge >= 0.3 is 0 Å². The summed E-state index contributed by atoms with van der Waals surface area (Å²) >= 11 is 0. The van der Waals surface area contributed by atoms with Gasteiger partial charge in [0.15, 0.2) is 0 Å². The van der Waals surface area contributed by atoms with Gasteiger partial charge in [-0.25, -0.2) is 0 Å². The molecule has 0 spiro atoms. The number of aromatic nitrogens is 2. The van der Waals surface area contributed by atoms with E-state index >= 15 is 0 Å². The minimum atomic E-state index is -0.894. The maximum absolute atomic E-state index is 13.2. The van der Waals surface area contributed by atoms with Crippen LogP contribution in [0.25, 0.3) is 0 Å². The van der Waals surface area contributed by atoms with Crippen LogP contribution in [-0.2, 0) is 23.2 Å². The Bertz CT molecular complexity index is 1100. The fraction of sp³-hybridized carbons (Fsp3) is 0.630. The molecular weight excluding hydrogens is 428 g/mol. The number of nitrogens with zero attached hydrogens (tertiary/aromatic N) is 4. The smallest absolute Gasteiger partial charge is 0.224 e. The number of hydrogen-bond donors (Lipinski definition) is 2. The normalized spacial score (nSPS) is 31.0. The summed E-state index contributed by atoms with van der Waals surface area (Å²) in [4.78, 5) is 17.7. The second-order valence-electron chi connectivity index (χ2n) is 11.2. The fourth-order valence-corrected chi connectivity index (χ4v) is 7.07. The number of hydrogen-bond acceptors (Lipinski definition) is 5. The zero-order chi connectivity index (χ0) is 23.5. The van der Waals surface area contributed by atoms with Crippen LogP contribution in [0.4, 0.5) is 0 Å². The number of carbonyl (C=O) groups excluding carboxylic acids is 1. The number of piperidine rings is 1. The lowest BCUT2D eigenvalue weighted by molar-refractivity contribution is -0.149. The first-order valence-electron chi connectivity index (χ1n) is 12.9. The second-order valence-corrected chi connectivity index (χ2v) is 11.2. The van der Waals surface area contributed by atoms with Crippen LogP contribution in [0.1, 0.15) is 55.2 Å². The number of phenols is 1. The number of phenolic OH excluding ortho intramolecular Hbond substituents is 1. The van der Waals surface area contributed by atoms with Gasteiger partial charge in [0, 0.05) is 50.3 Å². The number of rotatable bonds is 5. The van der Waals surface area contributed by atoms with E-state index in [9.17, 15) is 15.0 Å². The van der Waals surface area contributed by atoms with Gasteiger partial charge < -0.3 is 15.1 Å². The van der Waals surface area contributed by atoms with Gasteiger partial charge in [0.1, 0.15) is 5.75 Å². The molecule has 2 aromatic rings. The topological polar surface area (TPSA) is 81.8 Å². The summed E-state index contributed by atoms with van der Waals surface area (Å²) in [5, 5.41) is 27.2. The second kappa shape index (κ2) is 8.09. The first kappa shape index (κ1) is 22.1. The third kappa shape index (κ3) is 3.55. The zero-order valence-corrected chi connectivity index (χ0v) is 20.1. The van der Waals surface area contributed by atoms with E-state index in [-0.39, 0.29) is 17.7 Å². The number of fused-ring (bicyclic) bond motifs is 1. The molecule has 6 rings (SSSR count). The van der Waals surface area contributed by atoms with Gasteiger partial charge in [-0.3, -0.25) is 14.4 Å². The molecule has 34 heavy (non-hydrogen) atoms. The Labute approximate surface area is 201 Å². The number of carbonyl (C=O) groups is 1. The Morgan fingerprint density at radius 1 is 1.18 bits per heavy atom. The van der Waals surface area contributed by atoms with Crippen molar-refractivity contribution in [2.45, 2.75) is 75.5 Å². The molecule has 2 aliphatic carbocycles. The molecule has 2 N–H and O–H groups in total. The minimum absolute atomic E-state index is 0.0704. The minimum Gasteiger partial charge on any atom is -0.508 e. The van der Waals surface area contributed by atoms with Gasteiger partial charge in [-0.15, -0.1) is 0 Å². The molecule has 182 valence electrons. The highest BCUT2D eigenvalue weighted by molar-refractivity contribution is 5.76. The van der Waals surface area contributed by atoms with E-state index in [2.05, 4.69) is 16.1 Å². The Morgan fingerprint density at radius 3 is 2.74 bits per heavy atom. The molecule has 2 aliphatic heterocycles. The van der Waals surface area contributed by atoms with E-state index in [1.165, 1.54) is 18.4 Å². The summed E-state index contributed by atoms with van der Waals surface area (Å²) in [7, 11) is 0. The molecule has 3 atom stereocenters. The number of likely N-dealkylation sites (tertiary alicyclic amines) is 2. The zero-order valence-electron chi connectivity index (χ0n) is 20.1. The van der Waals surface area contributed by atoms with Crippen LogP contribution in [0.2, 0.25) is 0 Å². The van der Waals surface area contributed by atoms with Gasteiger partial charge in [-0.05, 0) is 86.7 Å². The van der Waals surface area contributed by atoms with E-state index in [4.69, 9.17) is 0 Å². The van der Waals surface area contributed by atoms with Gasteiger partial charge in [0.05, 0.1) is 11.8 Å². The van der Waals surface area contributed by atoms with Crippen molar-refractivity contribution >= 4 is 5.91 Å². The van der Waals surface area contributed by atoms with Crippen LogP contribution in [0.3, 0.4) is 0 Å². The molecule has 4 aliphatic rings. The largest absolute Gasteiger partial charge is 0.508 e. The molecule has 7 nitrogen and oxygen atoms in total. The summed E-state index contributed by atoms with van der Waals surface area (Å²) in [6, 6.07) is 5.80. The standard InChI is InChI=1S/C27H36N4O3/c1-19-16-28-31(17-19)10-6-25(33)29-11-7-26-8-12-30(18-20-2-3-20)24(27(26,34)9-13-29)14-21-4-5-22(32)15-23(21)26/h4-5,15-17,20,24,32,34H,2-3,6-14,18H2,1H3/t24-,26?,27-/m1/s1. The number of amides is 1. The predicted molar refractivity (Wildman–Crippen MR) is 129 cm³/mol. The van der Waals surface area contributed by atoms with Gasteiger partial charge in [0.25, 0.3) is 0 Å². The third-order valence-corrected chi connectivity index (χ3v) is 9.10. The number of aliphatic hydroxyl groups is 1. The van der Waals surface area contributed by atoms with E-state index in [0.29, 0.717) is 32.5 Å². The van der Waals surface area contributed by atoms with Gasteiger partial charge in [-0.2, -0.15) is 5.10 Å². The van der Waals surface area contributed by atoms with Crippen molar-refractivity contribution in [1.29, 1.82) is 0 Å². The highest BCUT2D eigenvalue weighted by atomic mass is 16.3. The highest BCUT2D eigenvalue weighted by Crippen LogP contribution is 2.56. The Morgan fingerprint density at radius 2 is 1.97 bits per heavy atom. The Hall–Kier alpha value is -2.38.